The van der Waals surface area contributed by atoms with Crippen LogP contribution < -0.4 is 0 Å². The first-order chi connectivity index (χ1) is 8.74. The zero-order valence-corrected chi connectivity index (χ0v) is 11.5. The highest BCUT2D eigenvalue weighted by molar-refractivity contribution is 9.10. The van der Waals surface area contributed by atoms with E-state index >= 15 is 0 Å². The van der Waals surface area contributed by atoms with Gasteiger partial charge in [-0.2, -0.15) is 5.10 Å². The summed E-state index contributed by atoms with van der Waals surface area (Å²) in [7, 11) is 0. The van der Waals surface area contributed by atoms with Crippen molar-refractivity contribution >= 4 is 21.7 Å². The molecular formula is C14H13BrN2O. The molecule has 3 nitrogen and oxygen atoms in total. The molecule has 1 heterocycles. The van der Waals surface area contributed by atoms with Gasteiger partial charge in [0.2, 0.25) is 0 Å². The van der Waals surface area contributed by atoms with Crippen LogP contribution in [-0.2, 0) is 13.0 Å². The number of halogens is 1. The normalized spacial score (nSPS) is 14.6. The summed E-state index contributed by atoms with van der Waals surface area (Å²) in [5.74, 6) is 0.235. The first-order valence-corrected chi connectivity index (χ1v) is 6.85. The maximum Gasteiger partial charge on any atom is 0.166 e. The Morgan fingerprint density at radius 3 is 2.78 bits per heavy atom. The maximum atomic E-state index is 11.7. The van der Waals surface area contributed by atoms with Gasteiger partial charge < -0.3 is 0 Å². The van der Waals surface area contributed by atoms with Crippen molar-refractivity contribution in [3.8, 4) is 0 Å². The lowest BCUT2D eigenvalue weighted by molar-refractivity contribution is 0.0972. The minimum Gasteiger partial charge on any atom is -0.294 e. The molecular weight excluding hydrogens is 292 g/mol. The lowest BCUT2D eigenvalue weighted by Gasteiger charge is -2.13. The average Bonchev–Trinajstić information content (AvgIpc) is 2.77. The largest absolute Gasteiger partial charge is 0.294 e. The topological polar surface area (TPSA) is 34.9 Å². The predicted molar refractivity (Wildman–Crippen MR) is 72.7 cm³/mol. The molecule has 2 aromatic rings. The van der Waals surface area contributed by atoms with Crippen LogP contribution in [0.3, 0.4) is 0 Å². The molecule has 1 aromatic heterocycles. The van der Waals surface area contributed by atoms with Gasteiger partial charge in [0.1, 0.15) is 0 Å². The van der Waals surface area contributed by atoms with Crippen LogP contribution in [0.25, 0.3) is 0 Å². The van der Waals surface area contributed by atoms with Gasteiger partial charge in [0.15, 0.2) is 5.78 Å². The van der Waals surface area contributed by atoms with Crippen LogP contribution in [0.5, 0.6) is 0 Å². The molecule has 0 unspecified atom stereocenters. The zero-order chi connectivity index (χ0) is 12.5. The number of hydrogen-bond donors (Lipinski definition) is 0. The molecule has 0 saturated carbocycles. The number of nitrogens with zero attached hydrogens (tertiary/aromatic N) is 2. The average molecular weight is 305 g/mol. The highest BCUT2D eigenvalue weighted by Crippen LogP contribution is 2.21. The Kier molecular flexibility index (Phi) is 3.04. The van der Waals surface area contributed by atoms with Gasteiger partial charge >= 0.3 is 0 Å². The molecule has 0 spiro atoms. The number of ketones is 1. The van der Waals surface area contributed by atoms with Crippen molar-refractivity contribution in [2.45, 2.75) is 25.8 Å². The summed E-state index contributed by atoms with van der Waals surface area (Å²) in [6.07, 6.45) is 4.28. The van der Waals surface area contributed by atoms with Gasteiger partial charge in [-0.05, 0) is 30.5 Å². The summed E-state index contributed by atoms with van der Waals surface area (Å²) in [4.78, 5) is 11.7. The summed E-state index contributed by atoms with van der Waals surface area (Å²) in [6.45, 7) is 0.732. The molecule has 0 bridgehead atoms. The third kappa shape index (κ3) is 2.12. The smallest absolute Gasteiger partial charge is 0.166 e. The lowest BCUT2D eigenvalue weighted by atomic mass is 9.97. The standard InChI is InChI=1S/C14H13BrN2O/c15-11-6-4-10(5-7-11)9-17-13-2-1-3-14(18)12(13)8-16-17/h4-8H,1-3,9H2. The quantitative estimate of drug-likeness (QED) is 0.854. The van der Waals surface area contributed by atoms with Crippen molar-refractivity contribution in [3.63, 3.8) is 0 Å². The Hall–Kier alpha value is -1.42. The minimum absolute atomic E-state index is 0.235. The fourth-order valence-corrected chi connectivity index (χ4v) is 2.62. The zero-order valence-electron chi connectivity index (χ0n) is 9.90. The van der Waals surface area contributed by atoms with Gasteiger partial charge in [0, 0.05) is 16.6 Å². The van der Waals surface area contributed by atoms with Gasteiger partial charge in [-0.3, -0.25) is 9.48 Å². The molecule has 4 heteroatoms. The number of Topliss-reactive ketones (excluding diaryl/α,β-unsaturated/α-hetero) is 1. The predicted octanol–water partition coefficient (Wildman–Crippen LogP) is 3.21. The van der Waals surface area contributed by atoms with E-state index in [9.17, 15) is 4.79 Å². The van der Waals surface area contributed by atoms with E-state index in [-0.39, 0.29) is 5.78 Å². The fraction of sp³-hybridized carbons (Fsp3) is 0.286. The fourth-order valence-electron chi connectivity index (χ4n) is 2.36. The van der Waals surface area contributed by atoms with Crippen molar-refractivity contribution in [1.82, 2.24) is 9.78 Å². The van der Waals surface area contributed by atoms with Crippen LogP contribution in [0.15, 0.2) is 34.9 Å². The molecule has 0 saturated heterocycles. The second-order valence-electron chi connectivity index (χ2n) is 4.57. The monoisotopic (exact) mass is 304 g/mol. The summed E-state index contributed by atoms with van der Waals surface area (Å²) < 4.78 is 3.03. The van der Waals surface area contributed by atoms with Crippen molar-refractivity contribution < 1.29 is 4.79 Å². The van der Waals surface area contributed by atoms with Gasteiger partial charge in [0.25, 0.3) is 0 Å². The van der Waals surface area contributed by atoms with Gasteiger partial charge in [-0.25, -0.2) is 0 Å². The summed E-state index contributed by atoms with van der Waals surface area (Å²) in [6, 6.07) is 8.19. The second kappa shape index (κ2) is 4.69. The third-order valence-corrected chi connectivity index (χ3v) is 3.84. The van der Waals surface area contributed by atoms with Gasteiger partial charge in [-0.15, -0.1) is 0 Å². The van der Waals surface area contributed by atoms with Crippen LogP contribution in [0, 0.1) is 0 Å². The number of hydrogen-bond acceptors (Lipinski definition) is 2. The van der Waals surface area contributed by atoms with E-state index < -0.39 is 0 Å². The van der Waals surface area contributed by atoms with Crippen LogP contribution in [-0.4, -0.2) is 15.6 Å². The number of rotatable bonds is 2. The van der Waals surface area contributed by atoms with Crippen molar-refractivity contribution in [1.29, 1.82) is 0 Å². The number of carbonyl (C=O) groups is 1. The molecule has 0 N–H and O–H groups in total. The highest BCUT2D eigenvalue weighted by atomic mass is 79.9. The molecule has 92 valence electrons. The number of benzene rings is 1. The van der Waals surface area contributed by atoms with E-state index in [1.54, 1.807) is 6.20 Å². The maximum absolute atomic E-state index is 11.7. The van der Waals surface area contributed by atoms with Crippen LogP contribution in [0.4, 0.5) is 0 Å². The molecule has 0 radical (unpaired) electrons. The van der Waals surface area contributed by atoms with Gasteiger partial charge in [-0.1, -0.05) is 28.1 Å². The Bertz CT molecular complexity index is 586. The van der Waals surface area contributed by atoms with E-state index in [1.165, 1.54) is 5.56 Å². The molecule has 1 aliphatic rings. The summed E-state index contributed by atoms with van der Waals surface area (Å²) in [5, 5.41) is 4.35. The van der Waals surface area contributed by atoms with Crippen LogP contribution in [0.2, 0.25) is 0 Å². The molecule has 0 amide bonds. The molecule has 1 aliphatic carbocycles. The number of fused-ring (bicyclic) bond motifs is 1. The second-order valence-corrected chi connectivity index (χ2v) is 5.48. The SMILES string of the molecule is O=C1CCCc2c1cnn2Cc1ccc(Br)cc1. The molecule has 0 aliphatic heterocycles. The lowest BCUT2D eigenvalue weighted by Crippen LogP contribution is -2.14. The Labute approximate surface area is 114 Å². The van der Waals surface area contributed by atoms with Crippen molar-refractivity contribution in [2.24, 2.45) is 0 Å². The molecule has 1 aromatic carbocycles. The first-order valence-electron chi connectivity index (χ1n) is 6.06. The van der Waals surface area contributed by atoms with Crippen LogP contribution >= 0.6 is 15.9 Å². The molecule has 0 fully saturated rings. The van der Waals surface area contributed by atoms with E-state index in [2.05, 4.69) is 33.2 Å². The van der Waals surface area contributed by atoms with E-state index in [1.807, 2.05) is 16.8 Å². The molecule has 0 atom stereocenters. The van der Waals surface area contributed by atoms with E-state index in [4.69, 9.17) is 0 Å². The third-order valence-electron chi connectivity index (χ3n) is 3.31. The van der Waals surface area contributed by atoms with Crippen molar-refractivity contribution in [2.75, 3.05) is 0 Å². The van der Waals surface area contributed by atoms with E-state index in [0.717, 1.165) is 35.1 Å². The first kappa shape index (κ1) is 11.7. The molecule has 18 heavy (non-hydrogen) atoms. The summed E-state index contributed by atoms with van der Waals surface area (Å²) >= 11 is 3.42. The number of aromatic nitrogens is 2. The van der Waals surface area contributed by atoms with Crippen molar-refractivity contribution in [3.05, 3.63) is 51.8 Å². The molecule has 3 rings (SSSR count). The summed E-state index contributed by atoms with van der Waals surface area (Å²) in [5.41, 5.74) is 3.11. The Balaban J connectivity index is 1.89. The Morgan fingerprint density at radius 1 is 1.22 bits per heavy atom. The number of carbonyl (C=O) groups excluding carboxylic acids is 1. The minimum atomic E-state index is 0.235. The van der Waals surface area contributed by atoms with Crippen LogP contribution in [0.1, 0.15) is 34.5 Å². The Morgan fingerprint density at radius 2 is 2.00 bits per heavy atom. The highest BCUT2D eigenvalue weighted by Gasteiger charge is 2.21. The van der Waals surface area contributed by atoms with Gasteiger partial charge in [0.05, 0.1) is 18.3 Å². The van der Waals surface area contributed by atoms with E-state index in [0.29, 0.717) is 6.42 Å².